The topological polar surface area (TPSA) is 43.4 Å². The summed E-state index contributed by atoms with van der Waals surface area (Å²) >= 11 is 3.32. The molecule has 0 N–H and O–H groups in total. The number of allylic oxidation sites excluding steroid dienone is 3. The van der Waals surface area contributed by atoms with Crippen molar-refractivity contribution in [1.29, 1.82) is 0 Å². The third-order valence-corrected chi connectivity index (χ3v) is 4.32. The van der Waals surface area contributed by atoms with Crippen molar-refractivity contribution in [2.24, 2.45) is 5.92 Å². The van der Waals surface area contributed by atoms with Crippen LogP contribution in [0.3, 0.4) is 0 Å². The van der Waals surface area contributed by atoms with Crippen molar-refractivity contribution in [3.05, 3.63) is 57.6 Å². The molecule has 2 rings (SSSR count). The minimum atomic E-state index is -0.343. The average Bonchev–Trinajstić information content (AvgIpc) is 2.53. The summed E-state index contributed by atoms with van der Waals surface area (Å²) in [6, 6.07) is 7.00. The minimum absolute atomic E-state index is 0.193. The van der Waals surface area contributed by atoms with Gasteiger partial charge in [0.15, 0.2) is 12.4 Å². The zero-order valence-electron chi connectivity index (χ0n) is 12.8. The number of ketones is 1. The Hall–Kier alpha value is -1.68. The Morgan fingerprint density at radius 3 is 2.45 bits per heavy atom. The first-order valence-electron chi connectivity index (χ1n) is 7.27. The molecule has 0 radical (unpaired) electrons. The molecule has 0 saturated carbocycles. The zero-order chi connectivity index (χ0) is 16.1. The van der Waals surface area contributed by atoms with Crippen molar-refractivity contribution in [1.82, 2.24) is 0 Å². The van der Waals surface area contributed by atoms with Gasteiger partial charge in [-0.15, -0.1) is 0 Å². The van der Waals surface area contributed by atoms with Crippen molar-refractivity contribution >= 4 is 27.7 Å². The van der Waals surface area contributed by atoms with Crippen LogP contribution in [-0.2, 0) is 9.53 Å². The van der Waals surface area contributed by atoms with Crippen LogP contribution in [0.5, 0.6) is 0 Å². The fourth-order valence-electron chi connectivity index (χ4n) is 2.24. The maximum Gasteiger partial charge on any atom is 0.313 e. The van der Waals surface area contributed by atoms with E-state index < -0.39 is 0 Å². The molecule has 4 heteroatoms. The Bertz CT molecular complexity index is 626. The number of hydrogen-bond acceptors (Lipinski definition) is 3. The lowest BCUT2D eigenvalue weighted by Crippen LogP contribution is -2.21. The van der Waals surface area contributed by atoms with Crippen LogP contribution in [0, 0.1) is 5.92 Å². The van der Waals surface area contributed by atoms with E-state index >= 15 is 0 Å². The van der Waals surface area contributed by atoms with E-state index in [1.165, 1.54) is 5.57 Å². The summed E-state index contributed by atoms with van der Waals surface area (Å²) in [4.78, 5) is 24.1. The normalized spacial score (nSPS) is 15.6. The predicted molar refractivity (Wildman–Crippen MR) is 89.7 cm³/mol. The van der Waals surface area contributed by atoms with Gasteiger partial charge >= 0.3 is 5.97 Å². The number of rotatable bonds is 5. The Balaban J connectivity index is 1.87. The number of carbonyl (C=O) groups is 2. The van der Waals surface area contributed by atoms with Crippen LogP contribution in [0.2, 0.25) is 0 Å². The van der Waals surface area contributed by atoms with Gasteiger partial charge in [-0.1, -0.05) is 51.4 Å². The molecule has 1 aliphatic carbocycles. The number of hydrogen-bond donors (Lipinski definition) is 0. The fourth-order valence-corrected chi connectivity index (χ4v) is 2.50. The molecule has 0 amide bonds. The summed E-state index contributed by atoms with van der Waals surface area (Å²) in [7, 11) is 0. The maximum absolute atomic E-state index is 12.1. The molecule has 116 valence electrons. The van der Waals surface area contributed by atoms with E-state index in [0.717, 1.165) is 22.9 Å². The van der Waals surface area contributed by atoms with E-state index in [-0.39, 0.29) is 24.3 Å². The van der Waals surface area contributed by atoms with Gasteiger partial charge in [0.1, 0.15) is 0 Å². The first-order chi connectivity index (χ1) is 10.5. The first-order valence-corrected chi connectivity index (χ1v) is 8.06. The summed E-state index contributed by atoms with van der Waals surface area (Å²) in [6.45, 7) is 3.69. The first kappa shape index (κ1) is 16.7. The third-order valence-electron chi connectivity index (χ3n) is 3.79. The molecular formula is C18H19BrO3. The third kappa shape index (κ3) is 4.41. The fraction of sp³-hybridized carbons (Fsp3) is 0.333. The molecule has 0 heterocycles. The molecule has 0 aliphatic heterocycles. The van der Waals surface area contributed by atoms with Crippen molar-refractivity contribution in [2.75, 3.05) is 6.61 Å². The minimum Gasteiger partial charge on any atom is -0.457 e. The Labute approximate surface area is 139 Å². The van der Waals surface area contributed by atoms with E-state index in [2.05, 4.69) is 35.0 Å². The predicted octanol–water partition coefficient (Wildman–Crippen LogP) is 4.48. The number of Topliss-reactive ketones (excluding diaryl/α,β-unsaturated/α-hetero) is 1. The van der Waals surface area contributed by atoms with Crippen LogP contribution in [0.4, 0.5) is 0 Å². The van der Waals surface area contributed by atoms with Crippen LogP contribution < -0.4 is 0 Å². The van der Waals surface area contributed by atoms with Crippen LogP contribution in [0.25, 0.3) is 0 Å². The highest BCUT2D eigenvalue weighted by atomic mass is 79.9. The van der Waals surface area contributed by atoms with Crippen molar-refractivity contribution in [3.8, 4) is 0 Å². The van der Waals surface area contributed by atoms with E-state index in [4.69, 9.17) is 4.74 Å². The van der Waals surface area contributed by atoms with Gasteiger partial charge < -0.3 is 4.74 Å². The Kier molecular flexibility index (Phi) is 5.72. The molecule has 1 atom stereocenters. The second kappa shape index (κ2) is 7.54. The van der Waals surface area contributed by atoms with Gasteiger partial charge in [-0.2, -0.15) is 0 Å². The van der Waals surface area contributed by atoms with Gasteiger partial charge in [0.05, 0.1) is 5.92 Å². The lowest BCUT2D eigenvalue weighted by molar-refractivity contribution is -0.145. The quantitative estimate of drug-likeness (QED) is 0.440. The molecule has 0 aromatic heterocycles. The van der Waals surface area contributed by atoms with Crippen LogP contribution in [0.15, 0.2) is 52.0 Å². The van der Waals surface area contributed by atoms with Gasteiger partial charge in [0, 0.05) is 10.0 Å². The van der Waals surface area contributed by atoms with E-state index in [9.17, 15) is 9.59 Å². The van der Waals surface area contributed by atoms with Crippen LogP contribution >= 0.6 is 15.9 Å². The second-order valence-electron chi connectivity index (χ2n) is 5.50. The maximum atomic E-state index is 12.1. The van der Waals surface area contributed by atoms with Crippen molar-refractivity contribution < 1.29 is 14.3 Å². The number of benzene rings is 1. The number of esters is 1. The number of carbonyl (C=O) groups excluding carboxylic acids is 2. The summed E-state index contributed by atoms with van der Waals surface area (Å²) in [5.41, 5.74) is 2.92. The van der Waals surface area contributed by atoms with Crippen molar-refractivity contribution in [3.63, 3.8) is 0 Å². The van der Waals surface area contributed by atoms with E-state index in [0.29, 0.717) is 5.56 Å². The van der Waals surface area contributed by atoms with Gasteiger partial charge in [0.25, 0.3) is 0 Å². The van der Waals surface area contributed by atoms with Gasteiger partial charge in [0.2, 0.25) is 0 Å². The number of halogens is 1. The van der Waals surface area contributed by atoms with E-state index in [1.54, 1.807) is 24.3 Å². The molecule has 0 spiro atoms. The van der Waals surface area contributed by atoms with Crippen LogP contribution in [0.1, 0.15) is 37.0 Å². The average molecular weight is 363 g/mol. The molecule has 3 nitrogen and oxygen atoms in total. The molecule has 22 heavy (non-hydrogen) atoms. The number of ether oxygens (including phenoxy) is 1. The second-order valence-corrected chi connectivity index (χ2v) is 6.41. The monoisotopic (exact) mass is 362 g/mol. The molecule has 1 aromatic carbocycles. The molecule has 0 saturated heterocycles. The largest absolute Gasteiger partial charge is 0.457 e. The molecule has 1 aliphatic rings. The lowest BCUT2D eigenvalue weighted by atomic mass is 9.91. The Morgan fingerprint density at radius 1 is 1.18 bits per heavy atom. The summed E-state index contributed by atoms with van der Waals surface area (Å²) in [5, 5.41) is 0. The molecule has 0 bridgehead atoms. The highest BCUT2D eigenvalue weighted by molar-refractivity contribution is 9.10. The summed E-state index contributed by atoms with van der Waals surface area (Å²) < 4.78 is 6.07. The Morgan fingerprint density at radius 2 is 1.86 bits per heavy atom. The van der Waals surface area contributed by atoms with Crippen molar-refractivity contribution in [2.45, 2.75) is 26.7 Å². The smallest absolute Gasteiger partial charge is 0.313 e. The highest BCUT2D eigenvalue weighted by Gasteiger charge is 2.21. The lowest BCUT2D eigenvalue weighted by Gasteiger charge is -2.17. The SMILES string of the molecule is CC1=CCC(C(C)C(=O)OCC(=O)c2ccc(Br)cc2)=CC1. The zero-order valence-corrected chi connectivity index (χ0v) is 14.4. The van der Waals surface area contributed by atoms with Gasteiger partial charge in [-0.3, -0.25) is 9.59 Å². The van der Waals surface area contributed by atoms with E-state index in [1.807, 2.05) is 6.92 Å². The summed E-state index contributed by atoms with van der Waals surface area (Å²) in [6.07, 6.45) is 5.87. The molecule has 0 fully saturated rings. The molecule has 1 aromatic rings. The molecule has 1 unspecified atom stereocenters. The highest BCUT2D eigenvalue weighted by Crippen LogP contribution is 2.24. The van der Waals surface area contributed by atoms with Gasteiger partial charge in [-0.25, -0.2) is 0 Å². The standard InChI is InChI=1S/C18H19BrO3/c1-12-3-5-14(6-4-12)13(2)18(21)22-11-17(20)15-7-9-16(19)10-8-15/h3,6-10,13H,4-5,11H2,1-2H3. The summed E-state index contributed by atoms with van der Waals surface area (Å²) in [5.74, 6) is -0.840. The molecular weight excluding hydrogens is 344 g/mol. The van der Waals surface area contributed by atoms with Gasteiger partial charge in [-0.05, 0) is 38.8 Å². The van der Waals surface area contributed by atoms with Crippen LogP contribution in [-0.4, -0.2) is 18.4 Å².